The summed E-state index contributed by atoms with van der Waals surface area (Å²) in [5.74, 6) is 0.0538. The highest BCUT2D eigenvalue weighted by molar-refractivity contribution is 7.15. The minimum absolute atomic E-state index is 0.0285. The predicted molar refractivity (Wildman–Crippen MR) is 137 cm³/mol. The number of aromatic nitrogens is 2. The second-order valence-electron chi connectivity index (χ2n) is 11.2. The summed E-state index contributed by atoms with van der Waals surface area (Å²) in [5, 5.41) is 22.3. The zero-order valence-electron chi connectivity index (χ0n) is 21.3. The Morgan fingerprint density at radius 3 is 2.56 bits per heavy atom. The van der Waals surface area contributed by atoms with Gasteiger partial charge in [0.15, 0.2) is 0 Å². The molecule has 0 unspecified atom stereocenters. The third kappa shape index (κ3) is 4.15. The lowest BCUT2D eigenvalue weighted by Crippen LogP contribution is -2.58. The quantitative estimate of drug-likeness (QED) is 0.652. The van der Waals surface area contributed by atoms with Crippen LogP contribution in [0.25, 0.3) is 10.6 Å². The summed E-state index contributed by atoms with van der Waals surface area (Å²) in [6.45, 7) is 7.92. The lowest BCUT2D eigenvalue weighted by Gasteiger charge is -2.58. The van der Waals surface area contributed by atoms with Crippen LogP contribution in [0, 0.1) is 16.7 Å². The van der Waals surface area contributed by atoms with Crippen molar-refractivity contribution < 1.29 is 19.8 Å². The van der Waals surface area contributed by atoms with E-state index in [1.165, 1.54) is 0 Å². The number of piperazine rings is 1. The lowest BCUT2D eigenvalue weighted by atomic mass is 9.47. The Kier molecular flexibility index (Phi) is 6.68. The zero-order chi connectivity index (χ0) is 25.7. The molecule has 1 saturated heterocycles. The highest BCUT2D eigenvalue weighted by Gasteiger charge is 2.59. The molecule has 2 fully saturated rings. The van der Waals surface area contributed by atoms with Gasteiger partial charge in [-0.15, -0.1) is 11.3 Å². The van der Waals surface area contributed by atoms with E-state index in [9.17, 15) is 19.8 Å². The molecule has 0 spiro atoms. The van der Waals surface area contributed by atoms with Crippen molar-refractivity contribution >= 4 is 23.2 Å². The van der Waals surface area contributed by atoms with E-state index >= 15 is 0 Å². The molecule has 2 aromatic heterocycles. The van der Waals surface area contributed by atoms with E-state index in [2.05, 4.69) is 11.9 Å². The van der Waals surface area contributed by atoms with Gasteiger partial charge in [-0.2, -0.15) is 0 Å². The molecule has 2 N–H and O–H groups in total. The molecule has 3 heterocycles. The summed E-state index contributed by atoms with van der Waals surface area (Å²) in [6.07, 6.45) is 5.44. The van der Waals surface area contributed by atoms with Crippen LogP contribution in [-0.4, -0.2) is 80.7 Å². The standard InChI is InChI=1S/C27H36N4O4S/c1-17(33)30-9-11-31(12-10-30)23(35)13-19-24-20(36-25(29-24)18-5-4-8-28-15-18)14-21-26(19,2)7-6-22(34)27(21,3)16-32/h4-5,8,15,19,21-22,32,34H,6-7,9-14,16H2,1-3H3/t19-,21+,22+,26-,27-/m0/s1. The number of rotatable bonds is 4. The number of fused-ring (bicyclic) bond motifs is 2. The second kappa shape index (κ2) is 9.50. The molecule has 194 valence electrons. The molecule has 2 amide bonds. The van der Waals surface area contributed by atoms with E-state index in [4.69, 9.17) is 4.98 Å². The van der Waals surface area contributed by atoms with E-state index in [1.54, 1.807) is 29.4 Å². The summed E-state index contributed by atoms with van der Waals surface area (Å²) in [4.78, 5) is 39.5. The molecular formula is C27H36N4O4S. The first-order valence-corrected chi connectivity index (χ1v) is 13.7. The normalized spacial score (nSPS) is 32.1. The highest BCUT2D eigenvalue weighted by Crippen LogP contribution is 2.63. The number of hydrogen-bond donors (Lipinski definition) is 2. The van der Waals surface area contributed by atoms with Crippen molar-refractivity contribution in [1.29, 1.82) is 0 Å². The average molecular weight is 513 g/mol. The van der Waals surface area contributed by atoms with Crippen LogP contribution in [0.2, 0.25) is 0 Å². The topological polar surface area (TPSA) is 107 Å². The average Bonchev–Trinajstić information content (AvgIpc) is 3.32. The van der Waals surface area contributed by atoms with Crippen molar-refractivity contribution in [2.24, 2.45) is 16.7 Å². The maximum atomic E-state index is 13.6. The molecule has 36 heavy (non-hydrogen) atoms. The molecule has 5 rings (SSSR count). The number of thiazole rings is 1. The van der Waals surface area contributed by atoms with E-state index in [1.807, 2.05) is 30.2 Å². The first-order valence-electron chi connectivity index (χ1n) is 12.9. The zero-order valence-corrected chi connectivity index (χ0v) is 22.1. The molecular weight excluding hydrogens is 476 g/mol. The summed E-state index contributed by atoms with van der Waals surface area (Å²) in [6, 6.07) is 3.90. The molecule has 5 atom stereocenters. The molecule has 1 saturated carbocycles. The highest BCUT2D eigenvalue weighted by atomic mass is 32.1. The Labute approximate surface area is 216 Å². The fourth-order valence-corrected chi connectivity index (χ4v) is 7.99. The number of amides is 2. The molecule has 2 aromatic rings. The molecule has 8 nitrogen and oxygen atoms in total. The van der Waals surface area contributed by atoms with Gasteiger partial charge in [0.05, 0.1) is 18.4 Å². The van der Waals surface area contributed by atoms with Gasteiger partial charge in [-0.25, -0.2) is 4.98 Å². The van der Waals surface area contributed by atoms with Gasteiger partial charge >= 0.3 is 0 Å². The Morgan fingerprint density at radius 1 is 1.19 bits per heavy atom. The number of nitrogens with zero attached hydrogens (tertiary/aromatic N) is 4. The minimum Gasteiger partial charge on any atom is -0.396 e. The van der Waals surface area contributed by atoms with Gasteiger partial charge in [0.25, 0.3) is 0 Å². The molecule has 2 aliphatic carbocycles. The first kappa shape index (κ1) is 25.3. The van der Waals surface area contributed by atoms with Crippen molar-refractivity contribution in [3.8, 4) is 10.6 Å². The monoisotopic (exact) mass is 512 g/mol. The number of aliphatic hydroxyl groups excluding tert-OH is 2. The van der Waals surface area contributed by atoms with Crippen molar-refractivity contribution in [3.05, 3.63) is 35.1 Å². The lowest BCUT2D eigenvalue weighted by molar-refractivity contribution is -0.149. The first-order chi connectivity index (χ1) is 17.2. The largest absolute Gasteiger partial charge is 0.396 e. The SMILES string of the molecule is CC(=O)N1CCN(C(=O)C[C@H]2c3nc(-c4cccnc4)sc3C[C@H]3[C@](C)(CO)[C@H](O)CC[C@]32C)CC1. The van der Waals surface area contributed by atoms with Crippen LogP contribution in [0.3, 0.4) is 0 Å². The molecule has 3 aliphatic rings. The smallest absolute Gasteiger partial charge is 0.223 e. The van der Waals surface area contributed by atoms with E-state index in [0.29, 0.717) is 39.0 Å². The summed E-state index contributed by atoms with van der Waals surface area (Å²) in [7, 11) is 0. The van der Waals surface area contributed by atoms with Crippen LogP contribution in [0.1, 0.15) is 56.5 Å². The van der Waals surface area contributed by atoms with Gasteiger partial charge in [0.2, 0.25) is 11.8 Å². The van der Waals surface area contributed by atoms with Crippen molar-refractivity contribution in [2.45, 2.75) is 58.5 Å². The van der Waals surface area contributed by atoms with Crippen molar-refractivity contribution in [2.75, 3.05) is 32.8 Å². The van der Waals surface area contributed by atoms with Gasteiger partial charge < -0.3 is 20.0 Å². The third-order valence-electron chi connectivity index (χ3n) is 9.26. The molecule has 0 aromatic carbocycles. The van der Waals surface area contributed by atoms with Crippen LogP contribution >= 0.6 is 11.3 Å². The van der Waals surface area contributed by atoms with Gasteiger partial charge in [-0.05, 0) is 42.7 Å². The Morgan fingerprint density at radius 2 is 1.92 bits per heavy atom. The molecule has 1 aliphatic heterocycles. The van der Waals surface area contributed by atoms with Crippen molar-refractivity contribution in [1.82, 2.24) is 19.8 Å². The van der Waals surface area contributed by atoms with Gasteiger partial charge in [0.1, 0.15) is 5.01 Å². The van der Waals surface area contributed by atoms with Gasteiger partial charge in [-0.1, -0.05) is 13.8 Å². The summed E-state index contributed by atoms with van der Waals surface area (Å²) < 4.78 is 0. The van der Waals surface area contributed by atoms with Gasteiger partial charge in [0, 0.05) is 73.7 Å². The number of carbonyl (C=O) groups excluding carboxylic acids is 2. The predicted octanol–water partition coefficient (Wildman–Crippen LogP) is 2.70. The van der Waals surface area contributed by atoms with Crippen LogP contribution in [0.15, 0.2) is 24.5 Å². The maximum absolute atomic E-state index is 13.6. The minimum atomic E-state index is -0.641. The molecule has 9 heteroatoms. The molecule has 0 bridgehead atoms. The van der Waals surface area contributed by atoms with E-state index < -0.39 is 11.5 Å². The van der Waals surface area contributed by atoms with Crippen LogP contribution in [0.4, 0.5) is 0 Å². The van der Waals surface area contributed by atoms with Crippen LogP contribution in [-0.2, 0) is 16.0 Å². The van der Waals surface area contributed by atoms with Crippen molar-refractivity contribution in [3.63, 3.8) is 0 Å². The Hall–Kier alpha value is -2.36. The van der Waals surface area contributed by atoms with E-state index in [0.717, 1.165) is 34.0 Å². The van der Waals surface area contributed by atoms with Gasteiger partial charge in [-0.3, -0.25) is 14.6 Å². The number of carbonyl (C=O) groups is 2. The maximum Gasteiger partial charge on any atom is 0.223 e. The number of pyridine rings is 1. The Bertz CT molecular complexity index is 1130. The Balaban J connectivity index is 1.50. The third-order valence-corrected chi connectivity index (χ3v) is 10.4. The van der Waals surface area contributed by atoms with E-state index in [-0.39, 0.29) is 35.7 Å². The summed E-state index contributed by atoms with van der Waals surface area (Å²) >= 11 is 1.64. The second-order valence-corrected chi connectivity index (χ2v) is 12.3. The van der Waals surface area contributed by atoms with Crippen LogP contribution in [0.5, 0.6) is 0 Å². The molecule has 0 radical (unpaired) electrons. The number of hydrogen-bond acceptors (Lipinski definition) is 7. The fraction of sp³-hybridized carbons (Fsp3) is 0.630. The fourth-order valence-electron chi connectivity index (χ4n) is 6.83. The number of aliphatic hydroxyl groups is 2. The van der Waals surface area contributed by atoms with Crippen LogP contribution < -0.4 is 0 Å². The summed E-state index contributed by atoms with van der Waals surface area (Å²) in [5.41, 5.74) is 1.03.